The van der Waals surface area contributed by atoms with Gasteiger partial charge in [0, 0.05) is 23.8 Å². The third kappa shape index (κ3) is 2.84. The van der Waals surface area contributed by atoms with Gasteiger partial charge in [0.25, 0.3) is 5.91 Å². The van der Waals surface area contributed by atoms with E-state index in [0.717, 1.165) is 0 Å². The minimum absolute atomic E-state index is 0.0309. The molecule has 0 aromatic carbocycles. The standard InChI is InChI=1S/C10H11BrN2O3S/c11-8-2-1-3-12-9(8)10(14)13-4-6-17(15,16)7-5-13/h1-3H,4-7H2. The van der Waals surface area contributed by atoms with Gasteiger partial charge >= 0.3 is 0 Å². The van der Waals surface area contributed by atoms with Gasteiger partial charge in [0.15, 0.2) is 9.84 Å². The van der Waals surface area contributed by atoms with Crippen LogP contribution in [0.5, 0.6) is 0 Å². The van der Waals surface area contributed by atoms with Crippen molar-refractivity contribution in [3.05, 3.63) is 28.5 Å². The third-order valence-corrected chi connectivity index (χ3v) is 4.84. The zero-order valence-corrected chi connectivity index (χ0v) is 11.4. The Kier molecular flexibility index (Phi) is 3.48. The van der Waals surface area contributed by atoms with Crippen LogP contribution in [0, 0.1) is 0 Å². The smallest absolute Gasteiger partial charge is 0.273 e. The molecule has 0 N–H and O–H groups in total. The van der Waals surface area contributed by atoms with Crippen molar-refractivity contribution in [2.45, 2.75) is 0 Å². The number of hydrogen-bond donors (Lipinski definition) is 0. The Hall–Kier alpha value is -0.950. The average molecular weight is 319 g/mol. The summed E-state index contributed by atoms with van der Waals surface area (Å²) in [4.78, 5) is 17.6. The van der Waals surface area contributed by atoms with Crippen LogP contribution >= 0.6 is 15.9 Å². The summed E-state index contributed by atoms with van der Waals surface area (Å²) in [6.07, 6.45) is 1.54. The summed E-state index contributed by atoms with van der Waals surface area (Å²) < 4.78 is 23.1. The molecule has 1 aromatic heterocycles. The van der Waals surface area contributed by atoms with Gasteiger partial charge in [0.1, 0.15) is 5.69 Å². The Morgan fingerprint density at radius 2 is 2.00 bits per heavy atom. The van der Waals surface area contributed by atoms with Crippen LogP contribution in [0.15, 0.2) is 22.8 Å². The van der Waals surface area contributed by atoms with E-state index in [1.165, 1.54) is 4.90 Å². The van der Waals surface area contributed by atoms with Gasteiger partial charge in [-0.3, -0.25) is 4.79 Å². The van der Waals surface area contributed by atoms with Crippen molar-refractivity contribution >= 4 is 31.7 Å². The number of pyridine rings is 1. The lowest BCUT2D eigenvalue weighted by Crippen LogP contribution is -2.44. The van der Waals surface area contributed by atoms with Gasteiger partial charge in [0.2, 0.25) is 0 Å². The van der Waals surface area contributed by atoms with E-state index in [4.69, 9.17) is 0 Å². The van der Waals surface area contributed by atoms with E-state index in [2.05, 4.69) is 20.9 Å². The molecule has 1 aliphatic rings. The minimum Gasteiger partial charge on any atom is -0.335 e. The predicted molar refractivity (Wildman–Crippen MR) is 66.5 cm³/mol. The Balaban J connectivity index is 2.15. The van der Waals surface area contributed by atoms with Crippen LogP contribution < -0.4 is 0 Å². The Morgan fingerprint density at radius 1 is 1.35 bits per heavy atom. The third-order valence-electron chi connectivity index (χ3n) is 2.59. The fraction of sp³-hybridized carbons (Fsp3) is 0.400. The first-order valence-corrected chi connectivity index (χ1v) is 7.71. The topological polar surface area (TPSA) is 67.3 Å². The molecule has 2 heterocycles. The molecule has 5 nitrogen and oxygen atoms in total. The van der Waals surface area contributed by atoms with E-state index < -0.39 is 9.84 Å². The molecule has 1 aliphatic heterocycles. The van der Waals surface area contributed by atoms with E-state index in [1.54, 1.807) is 18.3 Å². The molecule has 2 rings (SSSR count). The Bertz CT molecular complexity index is 530. The second kappa shape index (κ2) is 4.73. The SMILES string of the molecule is O=C(c1ncccc1Br)N1CCS(=O)(=O)CC1. The maximum Gasteiger partial charge on any atom is 0.273 e. The Labute approximate surface area is 108 Å². The summed E-state index contributed by atoms with van der Waals surface area (Å²) in [5.41, 5.74) is 0.326. The molecular weight excluding hydrogens is 308 g/mol. The lowest BCUT2D eigenvalue weighted by Gasteiger charge is -2.26. The molecule has 1 aromatic rings. The summed E-state index contributed by atoms with van der Waals surface area (Å²) in [6.45, 7) is 0.481. The highest BCUT2D eigenvalue weighted by Crippen LogP contribution is 2.16. The maximum absolute atomic E-state index is 12.1. The number of hydrogen-bond acceptors (Lipinski definition) is 4. The molecule has 0 saturated carbocycles. The summed E-state index contributed by atoms with van der Waals surface area (Å²) >= 11 is 3.26. The van der Waals surface area contributed by atoms with Crippen LogP contribution in [0.3, 0.4) is 0 Å². The first kappa shape index (κ1) is 12.5. The van der Waals surface area contributed by atoms with E-state index in [-0.39, 0.29) is 30.5 Å². The molecule has 0 radical (unpaired) electrons. The quantitative estimate of drug-likeness (QED) is 0.765. The van der Waals surface area contributed by atoms with E-state index in [0.29, 0.717) is 10.2 Å². The van der Waals surface area contributed by atoms with Crippen molar-refractivity contribution in [1.29, 1.82) is 0 Å². The lowest BCUT2D eigenvalue weighted by molar-refractivity contribution is 0.0763. The molecule has 1 amide bonds. The van der Waals surface area contributed by atoms with Gasteiger partial charge in [-0.15, -0.1) is 0 Å². The zero-order chi connectivity index (χ0) is 12.5. The number of sulfone groups is 1. The van der Waals surface area contributed by atoms with E-state index in [9.17, 15) is 13.2 Å². The van der Waals surface area contributed by atoms with Crippen molar-refractivity contribution in [2.24, 2.45) is 0 Å². The van der Waals surface area contributed by atoms with Crippen molar-refractivity contribution < 1.29 is 13.2 Å². The molecule has 0 spiro atoms. The lowest BCUT2D eigenvalue weighted by atomic mass is 10.3. The van der Waals surface area contributed by atoms with Crippen LogP contribution in [-0.4, -0.2) is 48.8 Å². The molecule has 1 fully saturated rings. The molecule has 0 unspecified atom stereocenters. The summed E-state index contributed by atoms with van der Waals surface area (Å²) in [5.74, 6) is -0.167. The number of amides is 1. The fourth-order valence-corrected chi connectivity index (χ4v) is 3.23. The van der Waals surface area contributed by atoms with Crippen LogP contribution in [0.4, 0.5) is 0 Å². The summed E-state index contributed by atoms with van der Waals surface area (Å²) in [6, 6.07) is 3.46. The molecule has 92 valence electrons. The van der Waals surface area contributed by atoms with Gasteiger partial charge in [-0.05, 0) is 28.1 Å². The largest absolute Gasteiger partial charge is 0.335 e. The normalized spacial score (nSPS) is 19.0. The van der Waals surface area contributed by atoms with Crippen molar-refractivity contribution in [3.8, 4) is 0 Å². The van der Waals surface area contributed by atoms with Gasteiger partial charge in [-0.2, -0.15) is 0 Å². The van der Waals surface area contributed by atoms with E-state index >= 15 is 0 Å². The van der Waals surface area contributed by atoms with Gasteiger partial charge in [0.05, 0.1) is 11.5 Å². The van der Waals surface area contributed by atoms with Crippen molar-refractivity contribution in [3.63, 3.8) is 0 Å². The molecule has 7 heteroatoms. The first-order valence-electron chi connectivity index (χ1n) is 5.10. The highest BCUT2D eigenvalue weighted by atomic mass is 79.9. The van der Waals surface area contributed by atoms with Crippen molar-refractivity contribution in [1.82, 2.24) is 9.88 Å². The number of halogens is 1. The molecule has 17 heavy (non-hydrogen) atoms. The monoisotopic (exact) mass is 318 g/mol. The van der Waals surface area contributed by atoms with Crippen molar-refractivity contribution in [2.75, 3.05) is 24.6 Å². The number of rotatable bonds is 1. The first-order chi connectivity index (χ1) is 7.99. The Morgan fingerprint density at radius 3 is 2.59 bits per heavy atom. The molecule has 0 bridgehead atoms. The molecular formula is C10H11BrN2O3S. The average Bonchev–Trinajstić information content (AvgIpc) is 2.29. The van der Waals surface area contributed by atoms with Crippen LogP contribution in [0.2, 0.25) is 0 Å². The molecule has 1 saturated heterocycles. The highest BCUT2D eigenvalue weighted by molar-refractivity contribution is 9.10. The highest BCUT2D eigenvalue weighted by Gasteiger charge is 2.27. The number of carbonyl (C=O) groups excluding carboxylic acids is 1. The van der Waals surface area contributed by atoms with Crippen LogP contribution in [0.25, 0.3) is 0 Å². The molecule has 0 atom stereocenters. The number of carbonyl (C=O) groups is 1. The fourth-order valence-electron chi connectivity index (χ4n) is 1.61. The van der Waals surface area contributed by atoms with Gasteiger partial charge in [-0.25, -0.2) is 13.4 Å². The van der Waals surface area contributed by atoms with Crippen LogP contribution in [0.1, 0.15) is 10.5 Å². The van der Waals surface area contributed by atoms with Crippen LogP contribution in [-0.2, 0) is 9.84 Å². The van der Waals surface area contributed by atoms with Gasteiger partial charge < -0.3 is 4.90 Å². The second-order valence-corrected chi connectivity index (χ2v) is 6.94. The number of nitrogens with zero attached hydrogens (tertiary/aromatic N) is 2. The minimum atomic E-state index is -2.97. The maximum atomic E-state index is 12.1. The zero-order valence-electron chi connectivity index (χ0n) is 8.97. The summed E-state index contributed by atoms with van der Waals surface area (Å²) in [7, 11) is -2.97. The number of aromatic nitrogens is 1. The van der Waals surface area contributed by atoms with Gasteiger partial charge in [-0.1, -0.05) is 0 Å². The predicted octanol–water partition coefficient (Wildman–Crippen LogP) is 0.715. The van der Waals surface area contributed by atoms with E-state index in [1.807, 2.05) is 0 Å². The second-order valence-electron chi connectivity index (χ2n) is 3.78. The summed E-state index contributed by atoms with van der Waals surface area (Å²) in [5, 5.41) is 0. The molecule has 0 aliphatic carbocycles.